The lowest BCUT2D eigenvalue weighted by molar-refractivity contribution is -0.384. The number of rotatable bonds is 11. The Morgan fingerprint density at radius 3 is 2.62 bits per heavy atom. The van der Waals surface area contributed by atoms with Gasteiger partial charge in [0, 0.05) is 47.1 Å². The Bertz CT molecular complexity index is 1760. The van der Waals surface area contributed by atoms with Crippen molar-refractivity contribution in [2.24, 2.45) is 5.73 Å². The molecule has 2 heterocycles. The monoisotopic (exact) mass is 608 g/mol. The SMILES string of the molecule is COc1cc2c(cc1OC(=O)OCCSSc1ccccn1)C(=O)c1c-2n(CCCN)c(=O)c2cc([N+](=O)[O-])ccc12. The van der Waals surface area contributed by atoms with Crippen LogP contribution >= 0.6 is 21.6 Å². The maximum absolute atomic E-state index is 13.8. The number of fused-ring (bicyclic) bond motifs is 5. The summed E-state index contributed by atoms with van der Waals surface area (Å²) in [5, 5.41) is 12.6. The standard InChI is InChI=1S/C28H24N4O8S2/c1-38-21-14-18-19(15-22(21)40-28(35)39-11-12-41-42-23-5-2-3-9-30-23)26(33)24-17-7-6-16(32(36)37)13-20(17)27(34)31(25(18)24)10-4-8-29/h2-3,5-7,9,13-15H,4,8,10-12,29H2,1H3. The van der Waals surface area contributed by atoms with Crippen molar-refractivity contribution in [1.82, 2.24) is 9.55 Å². The first-order valence-corrected chi connectivity index (χ1v) is 15.0. The van der Waals surface area contributed by atoms with Gasteiger partial charge in [-0.05, 0) is 54.1 Å². The van der Waals surface area contributed by atoms with Crippen LogP contribution in [0.4, 0.5) is 10.5 Å². The van der Waals surface area contributed by atoms with E-state index in [2.05, 4.69) is 4.98 Å². The number of benzene rings is 2. The summed E-state index contributed by atoms with van der Waals surface area (Å²) < 4.78 is 17.4. The molecule has 0 unspecified atom stereocenters. The maximum atomic E-state index is 13.8. The molecule has 1 aliphatic rings. The molecule has 216 valence electrons. The minimum Gasteiger partial charge on any atom is -0.493 e. The summed E-state index contributed by atoms with van der Waals surface area (Å²) in [7, 11) is 4.29. The van der Waals surface area contributed by atoms with E-state index in [4.69, 9.17) is 19.9 Å². The molecular weight excluding hydrogens is 584 g/mol. The first-order valence-electron chi connectivity index (χ1n) is 12.7. The Hall–Kier alpha value is -4.40. The van der Waals surface area contributed by atoms with Gasteiger partial charge in [0.15, 0.2) is 17.3 Å². The van der Waals surface area contributed by atoms with E-state index in [1.54, 1.807) is 6.20 Å². The van der Waals surface area contributed by atoms with E-state index in [0.717, 1.165) is 5.03 Å². The van der Waals surface area contributed by atoms with Crippen LogP contribution in [-0.2, 0) is 11.3 Å². The molecule has 2 N–H and O–H groups in total. The van der Waals surface area contributed by atoms with Crippen molar-refractivity contribution < 1.29 is 28.7 Å². The third-order valence-corrected chi connectivity index (χ3v) is 8.67. The van der Waals surface area contributed by atoms with Crippen LogP contribution in [-0.4, -0.2) is 52.4 Å². The van der Waals surface area contributed by atoms with E-state index >= 15 is 0 Å². The van der Waals surface area contributed by atoms with Gasteiger partial charge >= 0.3 is 6.16 Å². The fourth-order valence-corrected chi connectivity index (χ4v) is 6.32. The number of methoxy groups -OCH3 is 1. The van der Waals surface area contributed by atoms with E-state index in [-0.39, 0.29) is 58.8 Å². The van der Waals surface area contributed by atoms with Crippen LogP contribution in [0.5, 0.6) is 11.5 Å². The van der Waals surface area contributed by atoms with Crippen molar-refractivity contribution in [2.75, 3.05) is 26.0 Å². The van der Waals surface area contributed by atoms with Crippen LogP contribution < -0.4 is 20.8 Å². The molecule has 0 saturated heterocycles. The van der Waals surface area contributed by atoms with Gasteiger partial charge in [0.1, 0.15) is 11.6 Å². The summed E-state index contributed by atoms with van der Waals surface area (Å²) in [5.74, 6) is 0.169. The lowest BCUT2D eigenvalue weighted by Crippen LogP contribution is -2.24. The molecule has 0 radical (unpaired) electrons. The number of non-ortho nitro benzene ring substituents is 1. The molecule has 1 aliphatic carbocycles. The topological polar surface area (TPSA) is 166 Å². The number of ether oxygens (including phenoxy) is 3. The van der Waals surface area contributed by atoms with Gasteiger partial charge in [0.25, 0.3) is 11.2 Å². The number of hydrogen-bond acceptors (Lipinski definition) is 12. The summed E-state index contributed by atoms with van der Waals surface area (Å²) in [6.45, 7) is 0.548. The van der Waals surface area contributed by atoms with Gasteiger partial charge in [-0.25, -0.2) is 9.78 Å². The van der Waals surface area contributed by atoms with Crippen molar-refractivity contribution in [3.8, 4) is 22.8 Å². The van der Waals surface area contributed by atoms with Crippen LogP contribution in [0.1, 0.15) is 22.3 Å². The highest BCUT2D eigenvalue weighted by Crippen LogP contribution is 2.45. The minimum atomic E-state index is -0.975. The highest BCUT2D eigenvalue weighted by atomic mass is 33.1. The number of nitro benzene ring substituents is 1. The summed E-state index contributed by atoms with van der Waals surface area (Å²) in [6, 6.07) is 12.3. The number of nitro groups is 1. The third-order valence-electron chi connectivity index (χ3n) is 6.44. The second-order valence-corrected chi connectivity index (χ2v) is 11.4. The Morgan fingerprint density at radius 2 is 1.90 bits per heavy atom. The molecule has 14 heteroatoms. The first kappa shape index (κ1) is 29.1. The van der Waals surface area contributed by atoms with Crippen molar-refractivity contribution in [3.63, 3.8) is 0 Å². The molecule has 4 aromatic rings. The van der Waals surface area contributed by atoms with Crippen LogP contribution in [0.2, 0.25) is 0 Å². The first-order chi connectivity index (χ1) is 20.3. The van der Waals surface area contributed by atoms with Gasteiger partial charge in [-0.3, -0.25) is 19.7 Å². The van der Waals surface area contributed by atoms with Gasteiger partial charge in [-0.15, -0.1) is 0 Å². The molecule has 12 nitrogen and oxygen atoms in total. The van der Waals surface area contributed by atoms with E-state index < -0.39 is 22.4 Å². The molecule has 0 spiro atoms. The number of nitrogens with zero attached hydrogens (tertiary/aromatic N) is 3. The summed E-state index contributed by atoms with van der Waals surface area (Å²) >= 11 is 0. The Morgan fingerprint density at radius 1 is 1.10 bits per heavy atom. The molecule has 0 atom stereocenters. The molecule has 2 aromatic carbocycles. The molecule has 42 heavy (non-hydrogen) atoms. The Labute approximate surface area is 246 Å². The molecule has 0 bridgehead atoms. The van der Waals surface area contributed by atoms with Gasteiger partial charge in [0.05, 0.1) is 28.7 Å². The van der Waals surface area contributed by atoms with E-state index in [1.807, 2.05) is 18.2 Å². The van der Waals surface area contributed by atoms with E-state index in [9.17, 15) is 24.5 Å². The summed E-state index contributed by atoms with van der Waals surface area (Å²) in [4.78, 5) is 54.8. The van der Waals surface area contributed by atoms with Crippen molar-refractivity contribution in [3.05, 3.63) is 86.3 Å². The fraction of sp³-hybridized carbons (Fsp3) is 0.214. The molecule has 0 saturated carbocycles. The quantitative estimate of drug-likeness (QED) is 0.0543. The zero-order chi connectivity index (χ0) is 29.8. The second-order valence-electron chi connectivity index (χ2n) is 8.96. The average molecular weight is 609 g/mol. The van der Waals surface area contributed by atoms with Crippen LogP contribution in [0.15, 0.2) is 64.5 Å². The molecule has 5 rings (SSSR count). The number of carbonyl (C=O) groups excluding carboxylic acids is 2. The van der Waals surface area contributed by atoms with Crippen molar-refractivity contribution in [1.29, 1.82) is 0 Å². The van der Waals surface area contributed by atoms with Crippen molar-refractivity contribution >= 4 is 50.0 Å². The second kappa shape index (κ2) is 12.6. The predicted molar refractivity (Wildman–Crippen MR) is 158 cm³/mol. The van der Waals surface area contributed by atoms with E-state index in [0.29, 0.717) is 23.4 Å². The number of carbonyl (C=O) groups is 2. The maximum Gasteiger partial charge on any atom is 0.514 e. The molecule has 0 fully saturated rings. The van der Waals surface area contributed by atoms with Gasteiger partial charge in [-0.1, -0.05) is 16.9 Å². The zero-order valence-corrected chi connectivity index (χ0v) is 23.9. The molecule has 2 aromatic heterocycles. The lowest BCUT2D eigenvalue weighted by Gasteiger charge is -2.15. The van der Waals surface area contributed by atoms with Gasteiger partial charge < -0.3 is 24.5 Å². The smallest absolute Gasteiger partial charge is 0.493 e. The van der Waals surface area contributed by atoms with Crippen LogP contribution in [0, 0.1) is 10.1 Å². The van der Waals surface area contributed by atoms with Crippen LogP contribution in [0.3, 0.4) is 0 Å². The Balaban J connectivity index is 1.43. The number of nitrogens with two attached hydrogens (primary N) is 1. The summed E-state index contributed by atoms with van der Waals surface area (Å²) in [5.41, 5.74) is 6.11. The number of ketones is 1. The molecule has 0 aliphatic heterocycles. The molecule has 0 amide bonds. The number of hydrogen-bond donors (Lipinski definition) is 1. The normalized spacial score (nSPS) is 11.7. The van der Waals surface area contributed by atoms with Gasteiger partial charge in [-0.2, -0.15) is 0 Å². The van der Waals surface area contributed by atoms with Crippen LogP contribution in [0.25, 0.3) is 22.0 Å². The highest BCUT2D eigenvalue weighted by molar-refractivity contribution is 8.76. The van der Waals surface area contributed by atoms with Crippen molar-refractivity contribution in [2.45, 2.75) is 18.0 Å². The van der Waals surface area contributed by atoms with E-state index in [1.165, 1.54) is 63.6 Å². The third kappa shape index (κ3) is 5.68. The Kier molecular flexibility index (Phi) is 8.75. The average Bonchev–Trinajstić information content (AvgIpc) is 3.27. The molecular formula is C28H24N4O8S2. The minimum absolute atomic E-state index is 0.0336. The number of pyridine rings is 2. The zero-order valence-electron chi connectivity index (χ0n) is 22.2. The fourth-order valence-electron chi connectivity index (χ4n) is 4.62. The highest BCUT2D eigenvalue weighted by Gasteiger charge is 2.35. The summed E-state index contributed by atoms with van der Waals surface area (Å²) in [6.07, 6.45) is 1.15. The predicted octanol–water partition coefficient (Wildman–Crippen LogP) is 4.83. The lowest BCUT2D eigenvalue weighted by atomic mass is 10.0. The number of aromatic nitrogens is 2. The van der Waals surface area contributed by atoms with Gasteiger partial charge in [0.2, 0.25) is 0 Å². The largest absolute Gasteiger partial charge is 0.514 e.